The van der Waals surface area contributed by atoms with Crippen molar-refractivity contribution in [1.29, 1.82) is 0 Å². The van der Waals surface area contributed by atoms with Gasteiger partial charge in [0.1, 0.15) is 12.2 Å². The van der Waals surface area contributed by atoms with Gasteiger partial charge in [-0.05, 0) is 80.3 Å². The van der Waals surface area contributed by atoms with E-state index in [-0.39, 0.29) is 46.3 Å². The molecule has 0 aromatic heterocycles. The van der Waals surface area contributed by atoms with E-state index < -0.39 is 0 Å². The van der Waals surface area contributed by atoms with Crippen LogP contribution in [0, 0.1) is 11.8 Å². The highest BCUT2D eigenvalue weighted by Crippen LogP contribution is 2.46. The minimum atomic E-state index is -0.0440. The average molecular weight is 593 g/mol. The van der Waals surface area contributed by atoms with Crippen molar-refractivity contribution < 1.29 is 19.1 Å². The molecule has 2 rings (SSSR count). The van der Waals surface area contributed by atoms with E-state index in [1.165, 1.54) is 0 Å². The number of esters is 2. The normalized spacial score (nSPS) is 37.9. The molecule has 0 aromatic rings. The van der Waals surface area contributed by atoms with E-state index in [0.717, 1.165) is 77.0 Å². The summed E-state index contributed by atoms with van der Waals surface area (Å²) in [6.45, 7) is 22.7. The predicted octanol–water partition coefficient (Wildman–Crippen LogP) is 8.55. The van der Waals surface area contributed by atoms with Crippen molar-refractivity contribution in [3.63, 3.8) is 0 Å². The zero-order chi connectivity index (χ0) is 31.9. The van der Waals surface area contributed by atoms with Crippen LogP contribution < -0.4 is 0 Å². The number of ether oxygens (including phenoxy) is 2. The van der Waals surface area contributed by atoms with Crippen LogP contribution in [0.15, 0.2) is 0 Å². The molecule has 2 aliphatic rings. The zero-order valence-corrected chi connectivity index (χ0v) is 29.7. The van der Waals surface area contributed by atoms with Crippen molar-refractivity contribution in [2.75, 3.05) is 14.1 Å². The number of carbonyl (C=O) groups excluding carboxylic acids is 2. The molecule has 0 bridgehead atoms. The lowest BCUT2D eigenvalue weighted by molar-refractivity contribution is -0.174. The van der Waals surface area contributed by atoms with E-state index in [0.29, 0.717) is 24.7 Å². The molecule has 246 valence electrons. The van der Waals surface area contributed by atoms with Crippen molar-refractivity contribution in [2.24, 2.45) is 11.8 Å². The molecule has 8 atom stereocenters. The van der Waals surface area contributed by atoms with Gasteiger partial charge in [0.2, 0.25) is 0 Å². The molecule has 0 N–H and O–H groups in total. The SMILES string of the molecule is CCC1(C)CC(OC(=O)CCCCCCCCC(=O)OC2CC(C)(CC)N(C)C(C)(CC)C2C)C(C)C(C)(CC)N1C. The van der Waals surface area contributed by atoms with E-state index in [1.54, 1.807) is 0 Å². The highest BCUT2D eigenvalue weighted by molar-refractivity contribution is 5.70. The van der Waals surface area contributed by atoms with E-state index in [9.17, 15) is 9.59 Å². The number of rotatable bonds is 15. The molecule has 0 amide bonds. The molecule has 0 saturated carbocycles. The van der Waals surface area contributed by atoms with Crippen molar-refractivity contribution >= 4 is 11.9 Å². The third kappa shape index (κ3) is 7.92. The van der Waals surface area contributed by atoms with Crippen LogP contribution in [0.25, 0.3) is 0 Å². The van der Waals surface area contributed by atoms with Crippen molar-refractivity contribution in [3.05, 3.63) is 0 Å². The third-order valence-corrected chi connectivity index (χ3v) is 13.0. The van der Waals surface area contributed by atoms with Gasteiger partial charge in [-0.1, -0.05) is 67.2 Å². The van der Waals surface area contributed by atoms with Crippen LogP contribution in [0.3, 0.4) is 0 Å². The van der Waals surface area contributed by atoms with E-state index in [1.807, 2.05) is 0 Å². The molecular weight excluding hydrogens is 524 g/mol. The van der Waals surface area contributed by atoms with Gasteiger partial charge in [-0.3, -0.25) is 19.4 Å². The van der Waals surface area contributed by atoms with Crippen LogP contribution in [0.5, 0.6) is 0 Å². The Balaban J connectivity index is 1.68. The fourth-order valence-corrected chi connectivity index (χ4v) is 8.01. The summed E-state index contributed by atoms with van der Waals surface area (Å²) in [5.41, 5.74) is 0.147. The predicted molar refractivity (Wildman–Crippen MR) is 175 cm³/mol. The van der Waals surface area contributed by atoms with Crippen LogP contribution in [0.4, 0.5) is 0 Å². The molecule has 0 aliphatic carbocycles. The first-order valence-electron chi connectivity index (χ1n) is 17.4. The molecule has 0 spiro atoms. The fourth-order valence-electron chi connectivity index (χ4n) is 8.01. The monoisotopic (exact) mass is 593 g/mol. The summed E-state index contributed by atoms with van der Waals surface area (Å²) < 4.78 is 12.2. The maximum Gasteiger partial charge on any atom is 0.306 e. The first kappa shape index (κ1) is 37.0. The smallest absolute Gasteiger partial charge is 0.306 e. The van der Waals surface area contributed by atoms with Crippen molar-refractivity contribution in [1.82, 2.24) is 9.80 Å². The number of unbranched alkanes of at least 4 members (excludes halogenated alkanes) is 5. The molecular formula is C36H68N2O4. The van der Waals surface area contributed by atoms with Gasteiger partial charge >= 0.3 is 11.9 Å². The Bertz CT molecular complexity index is 810. The molecule has 0 aromatic carbocycles. The highest BCUT2D eigenvalue weighted by atomic mass is 16.5. The second-order valence-electron chi connectivity index (χ2n) is 14.9. The second kappa shape index (κ2) is 15.2. The highest BCUT2D eigenvalue weighted by Gasteiger charge is 2.53. The summed E-state index contributed by atoms with van der Waals surface area (Å²) in [5.74, 6) is 0.519. The number of carbonyl (C=O) groups is 2. The lowest BCUT2D eigenvalue weighted by atomic mass is 9.68. The number of hydrogen-bond acceptors (Lipinski definition) is 6. The molecule has 42 heavy (non-hydrogen) atoms. The zero-order valence-electron chi connectivity index (χ0n) is 29.7. The minimum Gasteiger partial charge on any atom is -0.462 e. The second-order valence-corrected chi connectivity index (χ2v) is 14.9. The van der Waals surface area contributed by atoms with Crippen LogP contribution >= 0.6 is 0 Å². The van der Waals surface area contributed by atoms with Gasteiger partial charge < -0.3 is 9.47 Å². The minimum absolute atomic E-state index is 0.0210. The Hall–Kier alpha value is -1.14. The van der Waals surface area contributed by atoms with Gasteiger partial charge in [0.15, 0.2) is 0 Å². The largest absolute Gasteiger partial charge is 0.462 e. The van der Waals surface area contributed by atoms with Crippen LogP contribution in [0.1, 0.15) is 159 Å². The number of hydrogen-bond donors (Lipinski definition) is 0. The maximum atomic E-state index is 12.8. The first-order valence-corrected chi connectivity index (χ1v) is 17.4. The van der Waals surface area contributed by atoms with Crippen LogP contribution in [-0.4, -0.2) is 70.2 Å². The molecule has 6 nitrogen and oxygen atoms in total. The van der Waals surface area contributed by atoms with Gasteiger partial charge in [0.05, 0.1) is 0 Å². The standard InChI is InChI=1S/C36H68N2O4/c1-13-33(7)25-29(27(5)35(9,15-3)37(33)11)41-31(39)23-21-19-17-18-20-22-24-32(40)42-30-26-34(8,14-2)38(12)36(10,16-4)28(30)6/h27-30H,13-26H2,1-12H3. The summed E-state index contributed by atoms with van der Waals surface area (Å²) in [4.78, 5) is 30.6. The van der Waals surface area contributed by atoms with Gasteiger partial charge in [-0.2, -0.15) is 0 Å². The topological polar surface area (TPSA) is 59.1 Å². The van der Waals surface area contributed by atoms with Gasteiger partial charge in [-0.15, -0.1) is 0 Å². The lowest BCUT2D eigenvalue weighted by Gasteiger charge is -2.59. The Morgan fingerprint density at radius 1 is 0.595 bits per heavy atom. The molecule has 0 radical (unpaired) electrons. The molecule has 8 unspecified atom stereocenters. The summed E-state index contributed by atoms with van der Waals surface area (Å²) in [6.07, 6.45) is 12.9. The quantitative estimate of drug-likeness (QED) is 0.140. The number of likely N-dealkylation sites (tertiary alicyclic amines) is 2. The summed E-state index contributed by atoms with van der Waals surface area (Å²) in [5, 5.41) is 0. The van der Waals surface area contributed by atoms with E-state index >= 15 is 0 Å². The summed E-state index contributed by atoms with van der Waals surface area (Å²) in [6, 6.07) is 0. The van der Waals surface area contributed by atoms with Gasteiger partial charge in [0.25, 0.3) is 0 Å². The van der Waals surface area contributed by atoms with Crippen LogP contribution in [0.2, 0.25) is 0 Å². The average Bonchev–Trinajstić information content (AvgIpc) is 2.97. The van der Waals surface area contributed by atoms with Crippen molar-refractivity contribution in [3.8, 4) is 0 Å². The number of piperidine rings is 2. The maximum absolute atomic E-state index is 12.8. The third-order valence-electron chi connectivity index (χ3n) is 13.0. The van der Waals surface area contributed by atoms with E-state index in [4.69, 9.17) is 9.47 Å². The van der Waals surface area contributed by atoms with Crippen molar-refractivity contribution in [2.45, 2.75) is 193 Å². The van der Waals surface area contributed by atoms with Crippen LogP contribution in [-0.2, 0) is 19.1 Å². The molecule has 6 heteroatoms. The first-order chi connectivity index (χ1) is 19.6. The molecule has 2 saturated heterocycles. The Labute approximate surface area is 260 Å². The summed E-state index contributed by atoms with van der Waals surface area (Å²) >= 11 is 0. The Morgan fingerprint density at radius 2 is 0.905 bits per heavy atom. The molecule has 2 heterocycles. The van der Waals surface area contributed by atoms with Gasteiger partial charge in [0, 0.05) is 59.7 Å². The van der Waals surface area contributed by atoms with E-state index in [2.05, 4.69) is 93.1 Å². The lowest BCUT2D eigenvalue weighted by Crippen LogP contribution is -2.66. The Kier molecular flexibility index (Phi) is 13.4. The molecule has 2 aliphatic heterocycles. The summed E-state index contributed by atoms with van der Waals surface area (Å²) in [7, 11) is 4.48. The molecule has 2 fully saturated rings. The fraction of sp³-hybridized carbons (Fsp3) is 0.944. The number of nitrogens with zero attached hydrogens (tertiary/aromatic N) is 2. The Morgan fingerprint density at radius 3 is 1.19 bits per heavy atom. The van der Waals surface area contributed by atoms with Gasteiger partial charge in [-0.25, -0.2) is 0 Å².